The number of halogens is 1. The predicted molar refractivity (Wildman–Crippen MR) is 111 cm³/mol. The summed E-state index contributed by atoms with van der Waals surface area (Å²) in [4.78, 5) is 23.6. The Labute approximate surface area is 170 Å². The monoisotopic (exact) mass is 416 g/mol. The number of carbonyl (C=O) groups is 1. The number of nitro benzene ring substituents is 1. The van der Waals surface area contributed by atoms with Crippen LogP contribution >= 0.6 is 22.9 Å². The zero-order chi connectivity index (χ0) is 20.3. The van der Waals surface area contributed by atoms with Crippen LogP contribution in [0.15, 0.2) is 47.8 Å². The first-order valence-electron chi connectivity index (χ1n) is 8.36. The Balaban J connectivity index is 1.67. The molecule has 8 heteroatoms. The lowest BCUT2D eigenvalue weighted by Gasteiger charge is -2.06. The zero-order valence-electron chi connectivity index (χ0n) is 15.2. The van der Waals surface area contributed by atoms with E-state index in [0.717, 1.165) is 16.7 Å². The van der Waals surface area contributed by atoms with Gasteiger partial charge in [0, 0.05) is 16.7 Å². The van der Waals surface area contributed by atoms with Crippen LogP contribution in [0.4, 0.5) is 11.4 Å². The molecule has 144 valence electrons. The summed E-state index contributed by atoms with van der Waals surface area (Å²) in [5, 5.41) is 16.3. The van der Waals surface area contributed by atoms with Crippen molar-refractivity contribution < 1.29 is 14.5 Å². The van der Waals surface area contributed by atoms with Gasteiger partial charge in [-0.05, 0) is 60.7 Å². The van der Waals surface area contributed by atoms with Crippen molar-refractivity contribution in [1.82, 2.24) is 0 Å². The lowest BCUT2D eigenvalue weighted by Crippen LogP contribution is -2.11. The highest BCUT2D eigenvalue weighted by Gasteiger charge is 2.18. The van der Waals surface area contributed by atoms with Crippen molar-refractivity contribution in [2.75, 3.05) is 5.32 Å². The first-order chi connectivity index (χ1) is 13.3. The molecule has 0 aliphatic carbocycles. The van der Waals surface area contributed by atoms with Crippen LogP contribution in [0.5, 0.6) is 5.75 Å². The summed E-state index contributed by atoms with van der Waals surface area (Å²) < 4.78 is 5.73. The Kier molecular flexibility index (Phi) is 5.96. The van der Waals surface area contributed by atoms with Crippen molar-refractivity contribution in [2.45, 2.75) is 20.5 Å². The maximum Gasteiger partial charge on any atom is 0.293 e. The smallest absolute Gasteiger partial charge is 0.293 e. The highest BCUT2D eigenvalue weighted by Crippen LogP contribution is 2.27. The molecule has 0 aliphatic rings. The molecule has 1 aromatic heterocycles. The Morgan fingerprint density at radius 3 is 2.71 bits per heavy atom. The van der Waals surface area contributed by atoms with E-state index >= 15 is 0 Å². The van der Waals surface area contributed by atoms with E-state index in [1.165, 1.54) is 23.5 Å². The third-order valence-corrected chi connectivity index (χ3v) is 5.41. The summed E-state index contributed by atoms with van der Waals surface area (Å²) in [6, 6.07) is 11.8. The molecule has 0 bridgehead atoms. The number of amides is 1. The Morgan fingerprint density at radius 1 is 1.21 bits per heavy atom. The van der Waals surface area contributed by atoms with Crippen molar-refractivity contribution in [3.05, 3.63) is 84.5 Å². The van der Waals surface area contributed by atoms with Gasteiger partial charge in [-0.15, -0.1) is 11.3 Å². The molecule has 28 heavy (non-hydrogen) atoms. The minimum atomic E-state index is -0.510. The van der Waals surface area contributed by atoms with Crippen LogP contribution in [0, 0.1) is 24.0 Å². The molecular weight excluding hydrogens is 400 g/mol. The molecule has 0 saturated carbocycles. The number of nitrogens with one attached hydrogen (secondary N) is 1. The van der Waals surface area contributed by atoms with Gasteiger partial charge < -0.3 is 10.1 Å². The lowest BCUT2D eigenvalue weighted by atomic mass is 10.2. The number of nitro groups is 1. The number of rotatable bonds is 6. The van der Waals surface area contributed by atoms with E-state index in [1.807, 2.05) is 18.4 Å². The van der Waals surface area contributed by atoms with Crippen LogP contribution in [-0.4, -0.2) is 10.8 Å². The lowest BCUT2D eigenvalue weighted by molar-refractivity contribution is -0.384. The number of aryl methyl sites for hydroxylation is 2. The minimum Gasteiger partial charge on any atom is -0.489 e. The van der Waals surface area contributed by atoms with Gasteiger partial charge in [-0.25, -0.2) is 0 Å². The molecule has 1 N–H and O–H groups in total. The predicted octanol–water partition coefficient (Wildman–Crippen LogP) is 5.76. The normalized spacial score (nSPS) is 10.5. The molecule has 0 unspecified atom stereocenters. The van der Waals surface area contributed by atoms with E-state index in [9.17, 15) is 14.9 Å². The molecule has 0 spiro atoms. The average Bonchev–Trinajstić information content (AvgIpc) is 3.13. The van der Waals surface area contributed by atoms with Gasteiger partial charge in [0.2, 0.25) is 0 Å². The van der Waals surface area contributed by atoms with Crippen LogP contribution in [0.2, 0.25) is 5.02 Å². The Bertz CT molecular complexity index is 1050. The van der Waals surface area contributed by atoms with Crippen molar-refractivity contribution in [2.24, 2.45) is 0 Å². The van der Waals surface area contributed by atoms with E-state index in [-0.39, 0.29) is 11.4 Å². The second-order valence-corrected chi connectivity index (χ2v) is 7.57. The van der Waals surface area contributed by atoms with E-state index in [0.29, 0.717) is 22.3 Å². The fourth-order valence-electron chi connectivity index (χ4n) is 2.53. The van der Waals surface area contributed by atoms with Crippen LogP contribution in [0.25, 0.3) is 0 Å². The largest absolute Gasteiger partial charge is 0.489 e. The van der Waals surface area contributed by atoms with Crippen LogP contribution in [-0.2, 0) is 6.61 Å². The maximum atomic E-state index is 12.5. The quantitative estimate of drug-likeness (QED) is 0.409. The molecule has 0 fully saturated rings. The molecule has 0 aliphatic heterocycles. The molecule has 0 saturated heterocycles. The molecular formula is C20H17ClN2O4S. The third-order valence-electron chi connectivity index (χ3n) is 4.01. The third kappa shape index (κ3) is 4.68. The molecule has 6 nitrogen and oxygen atoms in total. The van der Waals surface area contributed by atoms with E-state index < -0.39 is 10.8 Å². The number of carbonyl (C=O) groups excluding carboxylic acids is 1. The summed E-state index contributed by atoms with van der Waals surface area (Å²) in [5.41, 5.74) is 2.54. The van der Waals surface area contributed by atoms with E-state index in [4.69, 9.17) is 16.3 Å². The molecule has 2 aromatic carbocycles. The number of nitrogens with zero attached hydrogens (tertiary/aromatic N) is 1. The van der Waals surface area contributed by atoms with Gasteiger partial charge in [0.25, 0.3) is 11.6 Å². The van der Waals surface area contributed by atoms with E-state index in [2.05, 4.69) is 5.32 Å². The van der Waals surface area contributed by atoms with Gasteiger partial charge in [0.05, 0.1) is 9.80 Å². The Hall–Kier alpha value is -2.90. The molecule has 0 radical (unpaired) electrons. The van der Waals surface area contributed by atoms with Gasteiger partial charge >= 0.3 is 0 Å². The summed E-state index contributed by atoms with van der Waals surface area (Å²) in [6.45, 7) is 3.95. The van der Waals surface area contributed by atoms with Crippen LogP contribution in [0.3, 0.4) is 0 Å². The number of anilines is 1. The van der Waals surface area contributed by atoms with E-state index in [1.54, 1.807) is 31.2 Å². The number of benzene rings is 2. The average molecular weight is 417 g/mol. The van der Waals surface area contributed by atoms with Crippen molar-refractivity contribution in [3.8, 4) is 5.75 Å². The van der Waals surface area contributed by atoms with Crippen molar-refractivity contribution >= 4 is 40.2 Å². The van der Waals surface area contributed by atoms with Gasteiger partial charge in [0.1, 0.15) is 18.0 Å². The van der Waals surface area contributed by atoms with Crippen molar-refractivity contribution in [1.29, 1.82) is 0 Å². The van der Waals surface area contributed by atoms with Gasteiger partial charge in [0.15, 0.2) is 0 Å². The SMILES string of the molecule is Cc1ccc(NC(=O)c2cc(COc3ccc(Cl)c(C)c3)cs2)c([N+](=O)[O-])c1. The highest BCUT2D eigenvalue weighted by atomic mass is 35.5. The summed E-state index contributed by atoms with van der Waals surface area (Å²) in [5.74, 6) is 0.292. The number of thiophene rings is 1. The van der Waals surface area contributed by atoms with Crippen LogP contribution in [0.1, 0.15) is 26.4 Å². The molecule has 0 atom stereocenters. The summed E-state index contributed by atoms with van der Waals surface area (Å²) in [6.07, 6.45) is 0. The molecule has 3 rings (SSSR count). The van der Waals surface area contributed by atoms with Crippen LogP contribution < -0.4 is 10.1 Å². The van der Waals surface area contributed by atoms with Gasteiger partial charge in [-0.2, -0.15) is 0 Å². The topological polar surface area (TPSA) is 81.5 Å². The first kappa shape index (κ1) is 19.9. The fourth-order valence-corrected chi connectivity index (χ4v) is 3.44. The zero-order valence-corrected chi connectivity index (χ0v) is 16.8. The van der Waals surface area contributed by atoms with Gasteiger partial charge in [-0.1, -0.05) is 17.7 Å². The number of hydrogen-bond donors (Lipinski definition) is 1. The Morgan fingerprint density at radius 2 is 2.00 bits per heavy atom. The summed E-state index contributed by atoms with van der Waals surface area (Å²) in [7, 11) is 0. The number of hydrogen-bond acceptors (Lipinski definition) is 5. The van der Waals surface area contributed by atoms with Crippen molar-refractivity contribution in [3.63, 3.8) is 0 Å². The fraction of sp³-hybridized carbons (Fsp3) is 0.150. The molecule has 1 heterocycles. The van der Waals surface area contributed by atoms with Gasteiger partial charge in [-0.3, -0.25) is 14.9 Å². The molecule has 3 aromatic rings. The first-order valence-corrected chi connectivity index (χ1v) is 9.62. The molecule has 1 amide bonds. The standard InChI is InChI=1S/C20H17ClN2O4S/c1-12-3-6-17(18(7-12)23(25)26)22-20(24)19-9-14(11-28-19)10-27-15-4-5-16(21)13(2)8-15/h3-9,11H,10H2,1-2H3,(H,22,24). The second kappa shape index (κ2) is 8.41. The summed E-state index contributed by atoms with van der Waals surface area (Å²) >= 11 is 7.25. The number of ether oxygens (including phenoxy) is 1. The highest BCUT2D eigenvalue weighted by molar-refractivity contribution is 7.12. The second-order valence-electron chi connectivity index (χ2n) is 6.25. The maximum absolute atomic E-state index is 12.5. The minimum absolute atomic E-state index is 0.133.